The minimum absolute atomic E-state index is 0.0684. The van der Waals surface area contributed by atoms with Gasteiger partial charge in [0.1, 0.15) is 0 Å². The van der Waals surface area contributed by atoms with E-state index < -0.39 is 5.56 Å². The summed E-state index contributed by atoms with van der Waals surface area (Å²) in [5.74, 6) is -0.391. The molecule has 0 fully saturated rings. The van der Waals surface area contributed by atoms with Gasteiger partial charge in [-0.15, -0.1) is 10.2 Å². The summed E-state index contributed by atoms with van der Waals surface area (Å²) >= 11 is 1.08. The van der Waals surface area contributed by atoms with E-state index in [9.17, 15) is 14.4 Å². The maximum atomic E-state index is 12.6. The third-order valence-corrected chi connectivity index (χ3v) is 5.38. The van der Waals surface area contributed by atoms with Crippen LogP contribution < -0.4 is 16.2 Å². The van der Waals surface area contributed by atoms with Crippen molar-refractivity contribution in [1.82, 2.24) is 15.2 Å². The number of hydrogen-bond acceptors (Lipinski definition) is 6. The number of aryl methyl sites for hydroxylation is 3. The molecule has 0 spiro atoms. The number of carbonyl (C=O) groups excluding carboxylic acids is 2. The van der Waals surface area contributed by atoms with Gasteiger partial charge in [0.15, 0.2) is 10.9 Å². The predicted octanol–water partition coefficient (Wildman–Crippen LogP) is 3.45. The monoisotopic (exact) mass is 437 g/mol. The Kier molecular flexibility index (Phi) is 6.86. The molecule has 31 heavy (non-hydrogen) atoms. The quantitative estimate of drug-likeness (QED) is 0.509. The summed E-state index contributed by atoms with van der Waals surface area (Å²) in [6, 6.07) is 11.1. The molecule has 3 rings (SSSR count). The zero-order chi connectivity index (χ0) is 22.5. The second-order valence-corrected chi connectivity index (χ2v) is 8.11. The molecule has 3 N–H and O–H groups in total. The number of carbonyl (C=O) groups is 2. The van der Waals surface area contributed by atoms with E-state index in [2.05, 4.69) is 25.8 Å². The second kappa shape index (κ2) is 9.57. The van der Waals surface area contributed by atoms with Crippen LogP contribution in [-0.2, 0) is 9.59 Å². The summed E-state index contributed by atoms with van der Waals surface area (Å²) in [5, 5.41) is 13.9. The molecular formula is C22H23N5O3S. The van der Waals surface area contributed by atoms with E-state index in [1.165, 1.54) is 6.92 Å². The van der Waals surface area contributed by atoms with Crippen LogP contribution in [0.5, 0.6) is 0 Å². The van der Waals surface area contributed by atoms with Gasteiger partial charge in [-0.05, 0) is 43.5 Å². The highest BCUT2D eigenvalue weighted by Gasteiger charge is 2.15. The van der Waals surface area contributed by atoms with Crippen molar-refractivity contribution in [2.24, 2.45) is 0 Å². The molecule has 2 aromatic carbocycles. The molecule has 0 saturated heterocycles. The minimum atomic E-state index is -0.454. The van der Waals surface area contributed by atoms with Crippen molar-refractivity contribution in [2.75, 3.05) is 16.4 Å². The van der Waals surface area contributed by atoms with Gasteiger partial charge < -0.3 is 10.6 Å². The number of rotatable bonds is 6. The van der Waals surface area contributed by atoms with Crippen molar-refractivity contribution in [3.63, 3.8) is 0 Å². The van der Waals surface area contributed by atoms with Crippen molar-refractivity contribution in [1.29, 1.82) is 0 Å². The van der Waals surface area contributed by atoms with E-state index in [-0.39, 0.29) is 28.4 Å². The van der Waals surface area contributed by atoms with Crippen LogP contribution >= 0.6 is 11.8 Å². The summed E-state index contributed by atoms with van der Waals surface area (Å²) in [4.78, 5) is 39.1. The van der Waals surface area contributed by atoms with E-state index in [1.54, 1.807) is 12.1 Å². The third-order valence-electron chi connectivity index (χ3n) is 4.51. The number of thioether (sulfide) groups is 1. The van der Waals surface area contributed by atoms with E-state index in [0.717, 1.165) is 34.1 Å². The van der Waals surface area contributed by atoms with Crippen LogP contribution in [0.3, 0.4) is 0 Å². The second-order valence-electron chi connectivity index (χ2n) is 7.14. The largest absolute Gasteiger partial charge is 0.325 e. The van der Waals surface area contributed by atoms with Crippen molar-refractivity contribution in [3.8, 4) is 11.3 Å². The molecule has 2 amide bonds. The van der Waals surface area contributed by atoms with Crippen LogP contribution in [0.15, 0.2) is 46.3 Å². The van der Waals surface area contributed by atoms with Crippen LogP contribution in [0.2, 0.25) is 0 Å². The first-order valence-electron chi connectivity index (χ1n) is 9.59. The standard InChI is InChI=1S/C22H23N5O3S/c1-12-8-9-13(2)17(10-12)24-18(29)11-31-22-25-21(30)20(26-27-22)16-7-5-6-14(3)19(16)23-15(4)28/h5-10H,11H2,1-4H3,(H,23,28)(H,24,29)(H,25,27,30). The number of amides is 2. The number of nitrogens with zero attached hydrogens (tertiary/aromatic N) is 2. The molecule has 1 heterocycles. The molecule has 160 valence electrons. The fourth-order valence-electron chi connectivity index (χ4n) is 2.96. The first kappa shape index (κ1) is 22.2. The Hall–Kier alpha value is -3.46. The molecule has 0 atom stereocenters. The van der Waals surface area contributed by atoms with Crippen molar-refractivity contribution in [3.05, 3.63) is 63.4 Å². The van der Waals surface area contributed by atoms with Crippen LogP contribution in [0, 0.1) is 20.8 Å². The van der Waals surface area contributed by atoms with E-state index in [4.69, 9.17) is 0 Å². The molecule has 0 saturated carbocycles. The molecule has 3 aromatic rings. The molecule has 0 radical (unpaired) electrons. The SMILES string of the molecule is CC(=O)Nc1c(C)cccc1-c1nnc(SCC(=O)Nc2cc(C)ccc2C)[nH]c1=O. The predicted molar refractivity (Wildman–Crippen MR) is 122 cm³/mol. The number of para-hydroxylation sites is 1. The summed E-state index contributed by atoms with van der Waals surface area (Å²) in [5.41, 5.74) is 4.21. The molecule has 9 heteroatoms. The third kappa shape index (κ3) is 5.58. The summed E-state index contributed by atoms with van der Waals surface area (Å²) in [6.45, 7) is 7.10. The number of benzene rings is 2. The average molecular weight is 438 g/mol. The number of H-pyrrole nitrogens is 1. The number of hydrogen-bond donors (Lipinski definition) is 3. The fourth-order valence-corrected chi connectivity index (χ4v) is 3.56. The van der Waals surface area contributed by atoms with Crippen molar-refractivity contribution in [2.45, 2.75) is 32.9 Å². The van der Waals surface area contributed by atoms with Gasteiger partial charge in [-0.1, -0.05) is 42.1 Å². The Morgan fingerprint density at radius 3 is 2.52 bits per heavy atom. The number of aromatic amines is 1. The molecule has 0 bridgehead atoms. The Labute approximate surface area is 183 Å². The maximum Gasteiger partial charge on any atom is 0.278 e. The molecule has 0 aliphatic carbocycles. The average Bonchev–Trinajstić information content (AvgIpc) is 2.71. The normalized spacial score (nSPS) is 10.6. The van der Waals surface area contributed by atoms with Crippen LogP contribution in [-0.4, -0.2) is 32.7 Å². The number of aromatic nitrogens is 3. The van der Waals surface area contributed by atoms with Crippen LogP contribution in [0.1, 0.15) is 23.6 Å². The van der Waals surface area contributed by atoms with Gasteiger partial charge in [0.2, 0.25) is 11.8 Å². The lowest BCUT2D eigenvalue weighted by Crippen LogP contribution is -2.18. The Morgan fingerprint density at radius 2 is 1.81 bits per heavy atom. The van der Waals surface area contributed by atoms with Gasteiger partial charge in [-0.2, -0.15) is 0 Å². The zero-order valence-electron chi connectivity index (χ0n) is 17.7. The molecular weight excluding hydrogens is 414 g/mol. The van der Waals surface area contributed by atoms with Gasteiger partial charge in [0.25, 0.3) is 5.56 Å². The lowest BCUT2D eigenvalue weighted by molar-refractivity contribution is -0.114. The maximum absolute atomic E-state index is 12.6. The first-order chi connectivity index (χ1) is 14.7. The Morgan fingerprint density at radius 1 is 1.03 bits per heavy atom. The highest BCUT2D eigenvalue weighted by molar-refractivity contribution is 7.99. The summed E-state index contributed by atoms with van der Waals surface area (Å²) in [7, 11) is 0. The van der Waals surface area contributed by atoms with Crippen LogP contribution in [0.4, 0.5) is 11.4 Å². The minimum Gasteiger partial charge on any atom is -0.325 e. The van der Waals surface area contributed by atoms with Crippen molar-refractivity contribution < 1.29 is 9.59 Å². The molecule has 0 aliphatic heterocycles. The number of anilines is 2. The smallest absolute Gasteiger partial charge is 0.278 e. The number of nitrogens with one attached hydrogen (secondary N) is 3. The Balaban J connectivity index is 1.74. The summed E-state index contributed by atoms with van der Waals surface area (Å²) < 4.78 is 0. The molecule has 1 aromatic heterocycles. The summed E-state index contributed by atoms with van der Waals surface area (Å²) in [6.07, 6.45) is 0. The highest BCUT2D eigenvalue weighted by atomic mass is 32.2. The molecule has 0 unspecified atom stereocenters. The zero-order valence-corrected chi connectivity index (χ0v) is 18.5. The Bertz CT molecular complexity index is 1210. The van der Waals surface area contributed by atoms with Gasteiger partial charge >= 0.3 is 0 Å². The topological polar surface area (TPSA) is 117 Å². The molecule has 0 aliphatic rings. The molecule has 8 nitrogen and oxygen atoms in total. The van der Waals surface area contributed by atoms with Gasteiger partial charge in [-0.25, -0.2) is 0 Å². The van der Waals surface area contributed by atoms with Crippen molar-refractivity contribution >= 4 is 35.0 Å². The van der Waals surface area contributed by atoms with Gasteiger partial charge in [0, 0.05) is 18.2 Å². The van der Waals surface area contributed by atoms with Gasteiger partial charge in [0.05, 0.1) is 11.4 Å². The van der Waals surface area contributed by atoms with Crippen LogP contribution in [0.25, 0.3) is 11.3 Å². The lowest BCUT2D eigenvalue weighted by Gasteiger charge is -2.12. The lowest BCUT2D eigenvalue weighted by atomic mass is 10.1. The van der Waals surface area contributed by atoms with E-state index >= 15 is 0 Å². The van der Waals surface area contributed by atoms with Gasteiger partial charge in [-0.3, -0.25) is 19.4 Å². The van der Waals surface area contributed by atoms with E-state index in [1.807, 2.05) is 45.0 Å². The van der Waals surface area contributed by atoms with E-state index in [0.29, 0.717) is 11.3 Å². The highest BCUT2D eigenvalue weighted by Crippen LogP contribution is 2.27. The fraction of sp³-hybridized carbons (Fsp3) is 0.227. The first-order valence-corrected chi connectivity index (χ1v) is 10.6.